The number of hydrogen-bond acceptors (Lipinski definition) is 4. The molecule has 112 valence electrons. The average molecular weight is 288 g/mol. The molecular weight excluding hydrogens is 268 g/mol. The van der Waals surface area contributed by atoms with Gasteiger partial charge in [0, 0.05) is 6.07 Å². The fourth-order valence-corrected chi connectivity index (χ4v) is 2.25. The molecule has 4 heteroatoms. The Hall–Kier alpha value is -2.36. The van der Waals surface area contributed by atoms with Crippen LogP contribution in [0.2, 0.25) is 0 Å². The highest BCUT2D eigenvalue weighted by Crippen LogP contribution is 2.27. The predicted molar refractivity (Wildman–Crippen MR) is 81.6 cm³/mol. The summed E-state index contributed by atoms with van der Waals surface area (Å²) in [6.45, 7) is 0. The summed E-state index contributed by atoms with van der Waals surface area (Å²) in [5.74, 6) is 2.57. The molecule has 1 N–H and O–H groups in total. The van der Waals surface area contributed by atoms with Crippen LogP contribution in [-0.2, 0) is 12.8 Å². The molecule has 0 heterocycles. The van der Waals surface area contributed by atoms with Crippen LogP contribution < -0.4 is 14.2 Å². The van der Waals surface area contributed by atoms with E-state index in [-0.39, 0.29) is 5.75 Å². The quantitative estimate of drug-likeness (QED) is 0.886. The first-order chi connectivity index (χ1) is 10.2. The second-order valence-corrected chi connectivity index (χ2v) is 4.72. The van der Waals surface area contributed by atoms with E-state index in [1.165, 1.54) is 0 Å². The van der Waals surface area contributed by atoms with Crippen LogP contribution in [0.5, 0.6) is 23.0 Å². The van der Waals surface area contributed by atoms with E-state index in [4.69, 9.17) is 14.2 Å². The van der Waals surface area contributed by atoms with Gasteiger partial charge in [-0.05, 0) is 54.3 Å². The fourth-order valence-electron chi connectivity index (χ4n) is 2.25. The van der Waals surface area contributed by atoms with E-state index in [0.29, 0.717) is 0 Å². The van der Waals surface area contributed by atoms with Crippen molar-refractivity contribution in [3.8, 4) is 23.0 Å². The van der Waals surface area contributed by atoms with Gasteiger partial charge in [-0.1, -0.05) is 0 Å². The van der Waals surface area contributed by atoms with Gasteiger partial charge in [0.05, 0.1) is 21.3 Å². The van der Waals surface area contributed by atoms with Gasteiger partial charge in [0.15, 0.2) is 0 Å². The van der Waals surface area contributed by atoms with E-state index in [0.717, 1.165) is 41.2 Å². The molecule has 0 atom stereocenters. The molecule has 0 saturated heterocycles. The summed E-state index contributed by atoms with van der Waals surface area (Å²) < 4.78 is 15.9. The first kappa shape index (κ1) is 15.0. The minimum atomic E-state index is 0.244. The maximum absolute atomic E-state index is 9.60. The lowest BCUT2D eigenvalue weighted by Gasteiger charge is -2.11. The Labute approximate surface area is 124 Å². The molecule has 0 aliphatic rings. The molecule has 2 aromatic rings. The van der Waals surface area contributed by atoms with Crippen molar-refractivity contribution in [2.45, 2.75) is 12.8 Å². The van der Waals surface area contributed by atoms with Crippen LogP contribution in [-0.4, -0.2) is 26.4 Å². The molecule has 0 bridgehead atoms. The van der Waals surface area contributed by atoms with Crippen molar-refractivity contribution in [3.05, 3.63) is 47.5 Å². The van der Waals surface area contributed by atoms with E-state index >= 15 is 0 Å². The number of ether oxygens (including phenoxy) is 3. The summed E-state index contributed by atoms with van der Waals surface area (Å²) in [5.41, 5.74) is 2.08. The zero-order valence-corrected chi connectivity index (χ0v) is 12.6. The van der Waals surface area contributed by atoms with Crippen LogP contribution in [0.4, 0.5) is 0 Å². The minimum Gasteiger partial charge on any atom is -0.508 e. The largest absolute Gasteiger partial charge is 0.508 e. The number of methoxy groups -OCH3 is 3. The van der Waals surface area contributed by atoms with Crippen LogP contribution in [0.25, 0.3) is 0 Å². The predicted octanol–water partition coefficient (Wildman–Crippen LogP) is 3.20. The van der Waals surface area contributed by atoms with Crippen LogP contribution >= 0.6 is 0 Å². The highest BCUT2D eigenvalue weighted by atomic mass is 16.5. The van der Waals surface area contributed by atoms with E-state index in [2.05, 4.69) is 0 Å². The zero-order valence-electron chi connectivity index (χ0n) is 12.6. The van der Waals surface area contributed by atoms with Crippen molar-refractivity contribution in [2.75, 3.05) is 21.3 Å². The summed E-state index contributed by atoms with van der Waals surface area (Å²) in [5, 5.41) is 9.60. The molecule has 0 saturated carbocycles. The summed E-state index contributed by atoms with van der Waals surface area (Å²) in [7, 11) is 4.90. The second-order valence-electron chi connectivity index (χ2n) is 4.72. The number of aryl methyl sites for hydroxylation is 2. The Balaban J connectivity index is 2.18. The molecule has 0 spiro atoms. The smallest absolute Gasteiger partial charge is 0.122 e. The monoisotopic (exact) mass is 288 g/mol. The van der Waals surface area contributed by atoms with E-state index in [1.807, 2.05) is 18.2 Å². The zero-order chi connectivity index (χ0) is 15.2. The van der Waals surface area contributed by atoms with Crippen LogP contribution in [0.3, 0.4) is 0 Å². The normalized spacial score (nSPS) is 10.2. The van der Waals surface area contributed by atoms with E-state index in [9.17, 15) is 5.11 Å². The lowest BCUT2D eigenvalue weighted by atomic mass is 10.0. The number of phenolic OH excluding ortho intramolecular Hbond substituents is 1. The molecule has 0 unspecified atom stereocenters. The van der Waals surface area contributed by atoms with Gasteiger partial charge in [-0.2, -0.15) is 0 Å². The standard InChI is InChI=1S/C17H20O4/c1-19-15-8-12(9-16(11-15)20-2)4-5-13-10-14(18)6-7-17(13)21-3/h6-11,18H,4-5H2,1-3H3. The fraction of sp³-hybridized carbons (Fsp3) is 0.294. The van der Waals surface area contributed by atoms with Gasteiger partial charge in [0.1, 0.15) is 23.0 Å². The Morgan fingerprint density at radius 1 is 0.810 bits per heavy atom. The molecule has 0 aromatic heterocycles. The Morgan fingerprint density at radius 3 is 2.05 bits per heavy atom. The summed E-state index contributed by atoms with van der Waals surface area (Å²) in [6.07, 6.45) is 1.56. The molecule has 0 aliphatic carbocycles. The van der Waals surface area contributed by atoms with Gasteiger partial charge in [0.25, 0.3) is 0 Å². The van der Waals surface area contributed by atoms with Crippen LogP contribution in [0, 0.1) is 0 Å². The average Bonchev–Trinajstić information content (AvgIpc) is 2.52. The second kappa shape index (κ2) is 6.88. The van der Waals surface area contributed by atoms with Crippen LogP contribution in [0.15, 0.2) is 36.4 Å². The van der Waals surface area contributed by atoms with Gasteiger partial charge in [-0.25, -0.2) is 0 Å². The lowest BCUT2D eigenvalue weighted by Crippen LogP contribution is -1.97. The van der Waals surface area contributed by atoms with E-state index < -0.39 is 0 Å². The molecule has 0 radical (unpaired) electrons. The molecule has 0 amide bonds. The summed E-state index contributed by atoms with van der Waals surface area (Å²) in [6, 6.07) is 10.9. The summed E-state index contributed by atoms with van der Waals surface area (Å²) >= 11 is 0. The number of aromatic hydroxyl groups is 1. The highest BCUT2D eigenvalue weighted by Gasteiger charge is 2.07. The molecule has 21 heavy (non-hydrogen) atoms. The Morgan fingerprint density at radius 2 is 1.48 bits per heavy atom. The first-order valence-electron chi connectivity index (χ1n) is 6.74. The first-order valence-corrected chi connectivity index (χ1v) is 6.74. The Kier molecular flexibility index (Phi) is 4.93. The third kappa shape index (κ3) is 3.81. The third-order valence-corrected chi connectivity index (χ3v) is 3.36. The topological polar surface area (TPSA) is 47.9 Å². The maximum Gasteiger partial charge on any atom is 0.122 e. The van der Waals surface area contributed by atoms with Gasteiger partial charge < -0.3 is 19.3 Å². The summed E-state index contributed by atoms with van der Waals surface area (Å²) in [4.78, 5) is 0. The van der Waals surface area contributed by atoms with Crippen molar-refractivity contribution >= 4 is 0 Å². The number of benzene rings is 2. The lowest BCUT2D eigenvalue weighted by molar-refractivity contribution is 0.393. The van der Waals surface area contributed by atoms with Gasteiger partial charge >= 0.3 is 0 Å². The van der Waals surface area contributed by atoms with Crippen molar-refractivity contribution in [3.63, 3.8) is 0 Å². The number of rotatable bonds is 6. The SMILES string of the molecule is COc1cc(CCc2cc(O)ccc2OC)cc(OC)c1. The third-order valence-electron chi connectivity index (χ3n) is 3.36. The van der Waals surface area contributed by atoms with Gasteiger partial charge in [-0.15, -0.1) is 0 Å². The molecular formula is C17H20O4. The van der Waals surface area contributed by atoms with E-state index in [1.54, 1.807) is 39.5 Å². The molecule has 4 nitrogen and oxygen atoms in total. The van der Waals surface area contributed by atoms with Crippen molar-refractivity contribution in [1.82, 2.24) is 0 Å². The molecule has 2 rings (SSSR count). The van der Waals surface area contributed by atoms with Crippen molar-refractivity contribution in [2.24, 2.45) is 0 Å². The number of hydrogen-bond donors (Lipinski definition) is 1. The molecule has 0 aliphatic heterocycles. The Bertz CT molecular complexity index is 585. The van der Waals surface area contributed by atoms with Crippen LogP contribution in [0.1, 0.15) is 11.1 Å². The van der Waals surface area contributed by atoms with Crippen molar-refractivity contribution < 1.29 is 19.3 Å². The minimum absolute atomic E-state index is 0.244. The number of phenols is 1. The van der Waals surface area contributed by atoms with Gasteiger partial charge in [0.2, 0.25) is 0 Å². The molecule has 2 aromatic carbocycles. The highest BCUT2D eigenvalue weighted by molar-refractivity contribution is 5.42. The van der Waals surface area contributed by atoms with Gasteiger partial charge in [-0.3, -0.25) is 0 Å². The maximum atomic E-state index is 9.60. The van der Waals surface area contributed by atoms with Crippen molar-refractivity contribution in [1.29, 1.82) is 0 Å². The molecule has 0 fully saturated rings.